The number of benzene rings is 1. The molecular formula is C14H13N5O. The molecule has 20 heavy (non-hydrogen) atoms. The minimum absolute atomic E-state index is 0.524. The smallest absolute Gasteiger partial charge is 0.247 e. The fourth-order valence-electron chi connectivity index (χ4n) is 1.91. The first-order valence-electron chi connectivity index (χ1n) is 6.18. The predicted octanol–water partition coefficient (Wildman–Crippen LogP) is 2.45. The lowest BCUT2D eigenvalue weighted by Gasteiger charge is -2.10. The maximum Gasteiger partial charge on any atom is 0.247 e. The third-order valence-corrected chi connectivity index (χ3v) is 2.93. The molecule has 6 nitrogen and oxygen atoms in total. The van der Waals surface area contributed by atoms with E-state index < -0.39 is 0 Å². The number of aromatic nitrogens is 4. The predicted molar refractivity (Wildman–Crippen MR) is 73.8 cm³/mol. The molecular weight excluding hydrogens is 254 g/mol. The van der Waals surface area contributed by atoms with E-state index in [2.05, 4.69) is 25.5 Å². The van der Waals surface area contributed by atoms with Gasteiger partial charge in [-0.2, -0.15) is 0 Å². The average Bonchev–Trinajstić information content (AvgIpc) is 3.01. The summed E-state index contributed by atoms with van der Waals surface area (Å²) < 4.78 is 5.18. The molecule has 0 unspecified atom stereocenters. The van der Waals surface area contributed by atoms with Gasteiger partial charge in [-0.1, -0.05) is 0 Å². The minimum atomic E-state index is 0.524. The second-order valence-corrected chi connectivity index (χ2v) is 4.37. The lowest BCUT2D eigenvalue weighted by atomic mass is 10.1. The Bertz CT molecular complexity index is 682. The molecule has 3 rings (SSSR count). The average molecular weight is 267 g/mol. The van der Waals surface area contributed by atoms with Gasteiger partial charge in [0.1, 0.15) is 6.33 Å². The Balaban J connectivity index is 1.75. The summed E-state index contributed by atoms with van der Waals surface area (Å²) in [5.74, 6) is 0.524. The largest absolute Gasteiger partial charge is 0.423 e. The fraction of sp³-hybridized carbons (Fsp3) is 0.143. The highest BCUT2D eigenvalue weighted by molar-refractivity contribution is 5.62. The number of aryl methyl sites for hydroxylation is 1. The van der Waals surface area contributed by atoms with Crippen molar-refractivity contribution >= 4 is 5.69 Å². The molecule has 0 saturated heterocycles. The summed E-state index contributed by atoms with van der Waals surface area (Å²) in [5.41, 5.74) is 4.11. The van der Waals surface area contributed by atoms with E-state index in [1.54, 1.807) is 12.4 Å². The molecule has 0 aliphatic carbocycles. The summed E-state index contributed by atoms with van der Waals surface area (Å²) in [4.78, 5) is 7.98. The molecule has 0 spiro atoms. The molecule has 0 saturated carbocycles. The Morgan fingerprint density at radius 2 is 2.05 bits per heavy atom. The van der Waals surface area contributed by atoms with Crippen molar-refractivity contribution in [2.45, 2.75) is 13.5 Å². The SMILES string of the molecule is Cc1cc(-c2nnco2)ccc1NCc1cncnc1. The zero-order chi connectivity index (χ0) is 13.8. The monoisotopic (exact) mass is 267 g/mol. The summed E-state index contributed by atoms with van der Waals surface area (Å²) in [7, 11) is 0. The molecule has 0 fully saturated rings. The second-order valence-electron chi connectivity index (χ2n) is 4.37. The van der Waals surface area contributed by atoms with Crippen LogP contribution >= 0.6 is 0 Å². The Labute approximate surface area is 115 Å². The van der Waals surface area contributed by atoms with Crippen LogP contribution in [0.1, 0.15) is 11.1 Å². The molecule has 6 heteroatoms. The van der Waals surface area contributed by atoms with Gasteiger partial charge in [0.25, 0.3) is 0 Å². The number of hydrogen-bond donors (Lipinski definition) is 1. The number of nitrogens with zero attached hydrogens (tertiary/aromatic N) is 4. The molecule has 2 heterocycles. The summed E-state index contributed by atoms with van der Waals surface area (Å²) in [6, 6.07) is 5.96. The van der Waals surface area contributed by atoms with Crippen LogP contribution in [0.2, 0.25) is 0 Å². The van der Waals surface area contributed by atoms with E-state index in [1.165, 1.54) is 12.7 Å². The van der Waals surface area contributed by atoms with Crippen molar-refractivity contribution in [1.29, 1.82) is 0 Å². The summed E-state index contributed by atoms with van der Waals surface area (Å²) in [6.07, 6.45) is 6.43. The molecule has 2 aromatic heterocycles. The minimum Gasteiger partial charge on any atom is -0.423 e. The van der Waals surface area contributed by atoms with Gasteiger partial charge in [-0.3, -0.25) is 0 Å². The molecule has 0 atom stereocenters. The first-order chi connectivity index (χ1) is 9.83. The van der Waals surface area contributed by atoms with Crippen molar-refractivity contribution in [3.05, 3.63) is 54.4 Å². The summed E-state index contributed by atoms with van der Waals surface area (Å²) in [6.45, 7) is 2.71. The highest BCUT2D eigenvalue weighted by Gasteiger charge is 2.06. The van der Waals surface area contributed by atoms with Crippen molar-refractivity contribution in [3.63, 3.8) is 0 Å². The van der Waals surface area contributed by atoms with Crippen molar-refractivity contribution in [1.82, 2.24) is 20.2 Å². The van der Waals surface area contributed by atoms with E-state index in [-0.39, 0.29) is 0 Å². The van der Waals surface area contributed by atoms with Crippen LogP contribution < -0.4 is 5.32 Å². The van der Waals surface area contributed by atoms with E-state index in [4.69, 9.17) is 4.42 Å². The van der Waals surface area contributed by atoms with Crippen molar-refractivity contribution in [2.75, 3.05) is 5.32 Å². The maximum absolute atomic E-state index is 5.18. The van der Waals surface area contributed by atoms with Gasteiger partial charge in [0.2, 0.25) is 12.3 Å². The van der Waals surface area contributed by atoms with E-state index in [0.717, 1.165) is 22.4 Å². The Morgan fingerprint density at radius 1 is 1.20 bits per heavy atom. The molecule has 3 aromatic rings. The van der Waals surface area contributed by atoms with Crippen molar-refractivity contribution < 1.29 is 4.42 Å². The van der Waals surface area contributed by atoms with Gasteiger partial charge in [0.15, 0.2) is 0 Å². The number of rotatable bonds is 4. The van der Waals surface area contributed by atoms with Crippen LogP contribution in [0.3, 0.4) is 0 Å². The Morgan fingerprint density at radius 3 is 2.75 bits per heavy atom. The first-order valence-corrected chi connectivity index (χ1v) is 6.18. The van der Waals surface area contributed by atoms with Crippen molar-refractivity contribution in [3.8, 4) is 11.5 Å². The van der Waals surface area contributed by atoms with Gasteiger partial charge in [-0.25, -0.2) is 9.97 Å². The van der Waals surface area contributed by atoms with Crippen LogP contribution in [0.4, 0.5) is 5.69 Å². The van der Waals surface area contributed by atoms with E-state index in [9.17, 15) is 0 Å². The van der Waals surface area contributed by atoms with Crippen LogP contribution in [0.5, 0.6) is 0 Å². The lowest BCUT2D eigenvalue weighted by molar-refractivity contribution is 0.568. The van der Waals surface area contributed by atoms with Gasteiger partial charge in [0.05, 0.1) is 0 Å². The molecule has 0 radical (unpaired) electrons. The Kier molecular flexibility index (Phi) is 3.36. The van der Waals surface area contributed by atoms with E-state index in [1.807, 2.05) is 25.1 Å². The standard InChI is InChI=1S/C14H13N5O/c1-10-4-12(14-19-18-9-20-14)2-3-13(10)17-7-11-5-15-8-16-6-11/h2-6,8-9,17H,7H2,1H3. The highest BCUT2D eigenvalue weighted by Crippen LogP contribution is 2.23. The van der Waals surface area contributed by atoms with Crippen LogP contribution in [0.25, 0.3) is 11.5 Å². The quantitative estimate of drug-likeness (QED) is 0.782. The molecule has 0 aliphatic rings. The zero-order valence-electron chi connectivity index (χ0n) is 10.9. The first kappa shape index (κ1) is 12.3. The lowest BCUT2D eigenvalue weighted by Crippen LogP contribution is -2.01. The van der Waals surface area contributed by atoms with Crippen LogP contribution in [0, 0.1) is 6.92 Å². The molecule has 1 aromatic carbocycles. The third-order valence-electron chi connectivity index (χ3n) is 2.93. The van der Waals surface area contributed by atoms with Gasteiger partial charge >= 0.3 is 0 Å². The number of hydrogen-bond acceptors (Lipinski definition) is 6. The topological polar surface area (TPSA) is 76.7 Å². The van der Waals surface area contributed by atoms with E-state index >= 15 is 0 Å². The summed E-state index contributed by atoms with van der Waals surface area (Å²) in [5, 5.41) is 10.9. The van der Waals surface area contributed by atoms with E-state index in [0.29, 0.717) is 12.4 Å². The number of anilines is 1. The van der Waals surface area contributed by atoms with Gasteiger partial charge in [-0.15, -0.1) is 10.2 Å². The molecule has 0 amide bonds. The Hall–Kier alpha value is -2.76. The number of nitrogens with one attached hydrogen (secondary N) is 1. The molecule has 0 bridgehead atoms. The van der Waals surface area contributed by atoms with Gasteiger partial charge in [-0.05, 0) is 30.7 Å². The third kappa shape index (κ3) is 2.64. The highest BCUT2D eigenvalue weighted by atomic mass is 16.4. The van der Waals surface area contributed by atoms with Gasteiger partial charge in [0, 0.05) is 35.8 Å². The molecule has 1 N–H and O–H groups in total. The van der Waals surface area contributed by atoms with Crippen LogP contribution in [-0.4, -0.2) is 20.2 Å². The maximum atomic E-state index is 5.18. The van der Waals surface area contributed by atoms with Crippen LogP contribution in [-0.2, 0) is 6.54 Å². The van der Waals surface area contributed by atoms with Crippen molar-refractivity contribution in [2.24, 2.45) is 0 Å². The fourth-order valence-corrected chi connectivity index (χ4v) is 1.91. The van der Waals surface area contributed by atoms with Crippen LogP contribution in [0.15, 0.2) is 47.7 Å². The second kappa shape index (κ2) is 5.48. The molecule has 0 aliphatic heterocycles. The zero-order valence-corrected chi connectivity index (χ0v) is 10.9. The normalized spacial score (nSPS) is 10.4. The summed E-state index contributed by atoms with van der Waals surface area (Å²) >= 11 is 0. The van der Waals surface area contributed by atoms with Gasteiger partial charge < -0.3 is 9.73 Å². The molecule has 100 valence electrons.